The molecule has 33 heavy (non-hydrogen) atoms. The van der Waals surface area contributed by atoms with Crippen molar-refractivity contribution in [2.24, 2.45) is 0 Å². The summed E-state index contributed by atoms with van der Waals surface area (Å²) in [5, 5.41) is 0. The van der Waals surface area contributed by atoms with Crippen LogP contribution >= 0.6 is 0 Å². The molecular weight excluding hydrogens is 420 g/mol. The number of carbonyl (C=O) groups is 3. The standard InChI is InChI=1S/C25H28N4O4/c30-23(17-29-24(31)21-3-1-2-4-22(21)25(29)32)28-13-7-18(8-14-28)27-15-9-20(10-16-27)33-19-5-11-26-12-6-19/h1-6,11-12,18,20H,7-10,13-17H2. The fraction of sp³-hybridized carbons (Fsp3) is 0.440. The van der Waals surface area contributed by atoms with Crippen molar-refractivity contribution < 1.29 is 19.1 Å². The number of rotatable bonds is 5. The van der Waals surface area contributed by atoms with E-state index >= 15 is 0 Å². The van der Waals surface area contributed by atoms with Gasteiger partial charge < -0.3 is 9.64 Å². The van der Waals surface area contributed by atoms with Gasteiger partial charge in [0.25, 0.3) is 11.8 Å². The number of benzene rings is 1. The maximum atomic E-state index is 12.8. The van der Waals surface area contributed by atoms with E-state index < -0.39 is 0 Å². The van der Waals surface area contributed by atoms with Gasteiger partial charge in [0.15, 0.2) is 0 Å². The third-order valence-electron chi connectivity index (χ3n) is 6.93. The highest BCUT2D eigenvalue weighted by Gasteiger charge is 2.38. The molecule has 0 aliphatic carbocycles. The fourth-order valence-electron chi connectivity index (χ4n) is 5.07. The second-order valence-electron chi connectivity index (χ2n) is 8.89. The molecule has 2 fully saturated rings. The number of nitrogens with zero attached hydrogens (tertiary/aromatic N) is 4. The highest BCUT2D eigenvalue weighted by atomic mass is 16.5. The molecular formula is C25H28N4O4. The average molecular weight is 449 g/mol. The van der Waals surface area contributed by atoms with E-state index in [9.17, 15) is 14.4 Å². The molecule has 5 rings (SSSR count). The minimum Gasteiger partial charge on any atom is -0.490 e. The second kappa shape index (κ2) is 9.31. The van der Waals surface area contributed by atoms with Crippen molar-refractivity contribution in [2.75, 3.05) is 32.7 Å². The van der Waals surface area contributed by atoms with Crippen LogP contribution in [0, 0.1) is 0 Å². The summed E-state index contributed by atoms with van der Waals surface area (Å²) >= 11 is 0. The molecule has 0 spiro atoms. The van der Waals surface area contributed by atoms with E-state index in [1.807, 2.05) is 12.1 Å². The summed E-state index contributed by atoms with van der Waals surface area (Å²) in [6.45, 7) is 3.10. The highest BCUT2D eigenvalue weighted by molar-refractivity contribution is 6.22. The van der Waals surface area contributed by atoms with Gasteiger partial charge in [-0.3, -0.25) is 29.2 Å². The molecule has 0 radical (unpaired) electrons. The first-order valence-electron chi connectivity index (χ1n) is 11.6. The van der Waals surface area contributed by atoms with Crippen LogP contribution in [0.15, 0.2) is 48.8 Å². The van der Waals surface area contributed by atoms with Gasteiger partial charge in [-0.05, 0) is 49.9 Å². The van der Waals surface area contributed by atoms with Crippen LogP contribution < -0.4 is 4.74 Å². The minimum atomic E-state index is -0.379. The molecule has 172 valence electrons. The smallest absolute Gasteiger partial charge is 0.262 e. The number of pyridine rings is 1. The van der Waals surface area contributed by atoms with E-state index in [1.54, 1.807) is 41.6 Å². The van der Waals surface area contributed by atoms with E-state index in [0.717, 1.165) is 49.4 Å². The van der Waals surface area contributed by atoms with Gasteiger partial charge >= 0.3 is 0 Å². The first kappa shape index (κ1) is 21.6. The molecule has 3 aliphatic rings. The Kier molecular flexibility index (Phi) is 6.09. The predicted octanol–water partition coefficient (Wildman–Crippen LogP) is 2.21. The lowest BCUT2D eigenvalue weighted by Crippen LogP contribution is -2.51. The normalized spacial score (nSPS) is 20.2. The molecule has 0 N–H and O–H groups in total. The number of likely N-dealkylation sites (tertiary alicyclic amines) is 2. The van der Waals surface area contributed by atoms with Crippen LogP contribution in [0.4, 0.5) is 0 Å². The lowest BCUT2D eigenvalue weighted by Gasteiger charge is -2.41. The highest BCUT2D eigenvalue weighted by Crippen LogP contribution is 2.25. The van der Waals surface area contributed by atoms with Crippen molar-refractivity contribution in [1.29, 1.82) is 0 Å². The average Bonchev–Trinajstić information content (AvgIpc) is 3.10. The Bertz CT molecular complexity index is 993. The number of hydrogen-bond acceptors (Lipinski definition) is 6. The number of amides is 3. The Labute approximate surface area is 193 Å². The van der Waals surface area contributed by atoms with E-state index in [2.05, 4.69) is 9.88 Å². The Hall–Kier alpha value is -3.26. The number of carbonyl (C=O) groups excluding carboxylic acids is 3. The molecule has 1 aromatic carbocycles. The molecule has 1 aromatic heterocycles. The first-order chi connectivity index (χ1) is 16.1. The summed E-state index contributed by atoms with van der Waals surface area (Å²) in [7, 11) is 0. The number of aromatic nitrogens is 1. The summed E-state index contributed by atoms with van der Waals surface area (Å²) in [5.74, 6) is -0.0490. The molecule has 0 unspecified atom stereocenters. The number of piperidine rings is 2. The van der Waals surface area contributed by atoms with Crippen LogP contribution in [-0.4, -0.2) is 82.3 Å². The molecule has 3 amide bonds. The van der Waals surface area contributed by atoms with Gasteiger partial charge in [0.2, 0.25) is 5.91 Å². The monoisotopic (exact) mass is 448 g/mol. The van der Waals surface area contributed by atoms with Gasteiger partial charge in [-0.25, -0.2) is 0 Å². The van der Waals surface area contributed by atoms with Crippen molar-refractivity contribution in [3.63, 3.8) is 0 Å². The molecule has 2 aromatic rings. The van der Waals surface area contributed by atoms with E-state index in [0.29, 0.717) is 30.3 Å². The van der Waals surface area contributed by atoms with Gasteiger partial charge in [0.1, 0.15) is 18.4 Å². The Morgan fingerprint density at radius 1 is 0.879 bits per heavy atom. The van der Waals surface area contributed by atoms with Crippen LogP contribution in [0.2, 0.25) is 0 Å². The second-order valence-corrected chi connectivity index (χ2v) is 8.89. The summed E-state index contributed by atoms with van der Waals surface area (Å²) in [4.78, 5) is 47.3. The molecule has 0 atom stereocenters. The maximum Gasteiger partial charge on any atom is 0.262 e. The molecule has 3 aliphatic heterocycles. The zero-order valence-electron chi connectivity index (χ0n) is 18.6. The maximum absolute atomic E-state index is 12.8. The van der Waals surface area contributed by atoms with Crippen LogP contribution in [-0.2, 0) is 4.79 Å². The summed E-state index contributed by atoms with van der Waals surface area (Å²) in [6.07, 6.45) is 7.50. The summed E-state index contributed by atoms with van der Waals surface area (Å²) in [6, 6.07) is 11.0. The SMILES string of the molecule is O=C(CN1C(=O)c2ccccc2C1=O)N1CCC(N2CCC(Oc3ccncc3)CC2)CC1. The van der Waals surface area contributed by atoms with Crippen molar-refractivity contribution in [3.05, 3.63) is 59.9 Å². The molecule has 0 saturated carbocycles. The Morgan fingerprint density at radius 2 is 1.48 bits per heavy atom. The van der Waals surface area contributed by atoms with Crippen molar-refractivity contribution >= 4 is 17.7 Å². The molecule has 8 heteroatoms. The van der Waals surface area contributed by atoms with E-state index in [1.165, 1.54) is 0 Å². The summed E-state index contributed by atoms with van der Waals surface area (Å²) < 4.78 is 6.06. The number of imide groups is 1. The van der Waals surface area contributed by atoms with Crippen LogP contribution in [0.3, 0.4) is 0 Å². The predicted molar refractivity (Wildman–Crippen MR) is 121 cm³/mol. The lowest BCUT2D eigenvalue weighted by molar-refractivity contribution is -0.133. The molecule has 2 saturated heterocycles. The van der Waals surface area contributed by atoms with Gasteiger partial charge in [0, 0.05) is 44.6 Å². The molecule has 0 bridgehead atoms. The van der Waals surface area contributed by atoms with Crippen LogP contribution in [0.1, 0.15) is 46.4 Å². The van der Waals surface area contributed by atoms with Crippen molar-refractivity contribution in [2.45, 2.75) is 37.8 Å². The van der Waals surface area contributed by atoms with E-state index in [-0.39, 0.29) is 30.4 Å². The van der Waals surface area contributed by atoms with Crippen LogP contribution in [0.5, 0.6) is 5.75 Å². The minimum absolute atomic E-state index is 0.160. The Balaban J connectivity index is 1.08. The zero-order chi connectivity index (χ0) is 22.8. The van der Waals surface area contributed by atoms with Crippen molar-refractivity contribution in [1.82, 2.24) is 19.7 Å². The third kappa shape index (κ3) is 4.48. The number of ether oxygens (including phenoxy) is 1. The largest absolute Gasteiger partial charge is 0.490 e. The Morgan fingerprint density at radius 3 is 2.09 bits per heavy atom. The van der Waals surface area contributed by atoms with E-state index in [4.69, 9.17) is 4.74 Å². The number of hydrogen-bond donors (Lipinski definition) is 0. The van der Waals surface area contributed by atoms with Gasteiger partial charge in [0.05, 0.1) is 11.1 Å². The van der Waals surface area contributed by atoms with Gasteiger partial charge in [-0.2, -0.15) is 0 Å². The van der Waals surface area contributed by atoms with Gasteiger partial charge in [-0.1, -0.05) is 12.1 Å². The first-order valence-corrected chi connectivity index (χ1v) is 11.6. The van der Waals surface area contributed by atoms with Crippen molar-refractivity contribution in [3.8, 4) is 5.75 Å². The molecule has 8 nitrogen and oxygen atoms in total. The lowest BCUT2D eigenvalue weighted by atomic mass is 9.98. The zero-order valence-corrected chi connectivity index (χ0v) is 18.6. The quantitative estimate of drug-likeness (QED) is 0.653. The van der Waals surface area contributed by atoms with Gasteiger partial charge in [-0.15, -0.1) is 0 Å². The third-order valence-corrected chi connectivity index (χ3v) is 6.93. The fourth-order valence-corrected chi connectivity index (χ4v) is 5.07. The van der Waals surface area contributed by atoms with Crippen LogP contribution in [0.25, 0.3) is 0 Å². The summed E-state index contributed by atoms with van der Waals surface area (Å²) in [5.41, 5.74) is 0.760. The molecule has 4 heterocycles. The number of fused-ring (bicyclic) bond motifs is 1. The topological polar surface area (TPSA) is 83.1 Å².